The lowest BCUT2D eigenvalue weighted by atomic mass is 9.99. The summed E-state index contributed by atoms with van der Waals surface area (Å²) < 4.78 is 10.7. The molecule has 0 radical (unpaired) electrons. The summed E-state index contributed by atoms with van der Waals surface area (Å²) in [5, 5.41) is 6.83. The standard InChI is InChI=1S/C23H32N4O2/c1-17(27-12-11-19-7-5-6-8-20(19)16-27)14-25-23(24-2)26-15-18-9-10-21(28-3)22(13-18)29-4/h5-10,13,17H,11-12,14-16H2,1-4H3,(H2,24,25,26). The summed E-state index contributed by atoms with van der Waals surface area (Å²) >= 11 is 0. The quantitative estimate of drug-likeness (QED) is 0.557. The molecule has 0 aliphatic carbocycles. The molecule has 2 N–H and O–H groups in total. The molecule has 0 aromatic heterocycles. The third kappa shape index (κ3) is 5.41. The van der Waals surface area contributed by atoms with Gasteiger partial charge in [0.05, 0.1) is 14.2 Å². The summed E-state index contributed by atoms with van der Waals surface area (Å²) in [5.41, 5.74) is 4.03. The zero-order valence-corrected chi connectivity index (χ0v) is 17.9. The van der Waals surface area contributed by atoms with Crippen LogP contribution in [0.1, 0.15) is 23.6 Å². The van der Waals surface area contributed by atoms with E-state index in [2.05, 4.69) is 51.7 Å². The first-order valence-corrected chi connectivity index (χ1v) is 10.1. The molecule has 6 nitrogen and oxygen atoms in total. The molecule has 2 aromatic carbocycles. The summed E-state index contributed by atoms with van der Waals surface area (Å²) in [7, 11) is 5.09. The predicted octanol–water partition coefficient (Wildman–Crippen LogP) is 2.82. The van der Waals surface area contributed by atoms with Gasteiger partial charge in [-0.05, 0) is 42.2 Å². The van der Waals surface area contributed by atoms with E-state index in [1.54, 1.807) is 21.3 Å². The zero-order valence-electron chi connectivity index (χ0n) is 17.9. The van der Waals surface area contributed by atoms with Crippen LogP contribution in [0.5, 0.6) is 11.5 Å². The number of benzene rings is 2. The smallest absolute Gasteiger partial charge is 0.191 e. The minimum Gasteiger partial charge on any atom is -0.493 e. The van der Waals surface area contributed by atoms with Crippen molar-refractivity contribution in [2.45, 2.75) is 32.5 Å². The molecule has 1 atom stereocenters. The summed E-state index contributed by atoms with van der Waals surface area (Å²) in [6, 6.07) is 15.1. The van der Waals surface area contributed by atoms with Crippen molar-refractivity contribution in [2.24, 2.45) is 4.99 Å². The molecule has 0 amide bonds. The van der Waals surface area contributed by atoms with Gasteiger partial charge in [-0.2, -0.15) is 0 Å². The monoisotopic (exact) mass is 396 g/mol. The van der Waals surface area contributed by atoms with Crippen molar-refractivity contribution in [3.63, 3.8) is 0 Å². The topological polar surface area (TPSA) is 58.1 Å². The Bertz CT molecular complexity index is 837. The molecular formula is C23H32N4O2. The number of guanidine groups is 1. The number of aliphatic imine (C=N–C) groups is 1. The second kappa shape index (κ2) is 10.2. The van der Waals surface area contributed by atoms with Crippen molar-refractivity contribution in [1.29, 1.82) is 0 Å². The van der Waals surface area contributed by atoms with Gasteiger partial charge in [-0.15, -0.1) is 0 Å². The number of rotatable bonds is 7. The maximum atomic E-state index is 5.38. The van der Waals surface area contributed by atoms with Gasteiger partial charge >= 0.3 is 0 Å². The average molecular weight is 397 g/mol. The fraction of sp³-hybridized carbons (Fsp3) is 0.435. The van der Waals surface area contributed by atoms with Gasteiger partial charge < -0.3 is 20.1 Å². The maximum Gasteiger partial charge on any atom is 0.191 e. The molecule has 1 unspecified atom stereocenters. The van der Waals surface area contributed by atoms with E-state index in [9.17, 15) is 0 Å². The Kier molecular flexibility index (Phi) is 7.36. The molecule has 2 aromatic rings. The summed E-state index contributed by atoms with van der Waals surface area (Å²) in [6.45, 7) is 5.87. The van der Waals surface area contributed by atoms with Crippen molar-refractivity contribution in [3.05, 3.63) is 59.2 Å². The van der Waals surface area contributed by atoms with Crippen molar-refractivity contribution in [3.8, 4) is 11.5 Å². The maximum absolute atomic E-state index is 5.38. The average Bonchev–Trinajstić information content (AvgIpc) is 2.78. The lowest BCUT2D eigenvalue weighted by molar-refractivity contribution is 0.191. The van der Waals surface area contributed by atoms with E-state index in [0.29, 0.717) is 12.6 Å². The molecule has 0 fully saturated rings. The molecule has 0 saturated heterocycles. The van der Waals surface area contributed by atoms with Crippen LogP contribution < -0.4 is 20.1 Å². The Hall–Kier alpha value is -2.73. The highest BCUT2D eigenvalue weighted by atomic mass is 16.5. The number of fused-ring (bicyclic) bond motifs is 1. The highest BCUT2D eigenvalue weighted by molar-refractivity contribution is 5.79. The summed E-state index contributed by atoms with van der Waals surface area (Å²) in [4.78, 5) is 6.88. The third-order valence-corrected chi connectivity index (χ3v) is 5.48. The van der Waals surface area contributed by atoms with E-state index in [0.717, 1.165) is 49.1 Å². The number of nitrogens with zero attached hydrogens (tertiary/aromatic N) is 2. The molecule has 6 heteroatoms. The Balaban J connectivity index is 1.49. The molecule has 29 heavy (non-hydrogen) atoms. The highest BCUT2D eigenvalue weighted by Crippen LogP contribution is 2.27. The Morgan fingerprint density at radius 3 is 2.55 bits per heavy atom. The molecule has 1 aliphatic rings. The normalized spacial score (nSPS) is 15.4. The van der Waals surface area contributed by atoms with Crippen molar-refractivity contribution < 1.29 is 9.47 Å². The number of nitrogens with one attached hydrogen (secondary N) is 2. The first kappa shape index (κ1) is 21.0. The number of ether oxygens (including phenoxy) is 2. The third-order valence-electron chi connectivity index (χ3n) is 5.48. The Labute approximate surface area is 173 Å². The number of hydrogen-bond donors (Lipinski definition) is 2. The predicted molar refractivity (Wildman–Crippen MR) is 118 cm³/mol. The van der Waals surface area contributed by atoms with E-state index < -0.39 is 0 Å². The minimum atomic E-state index is 0.419. The lowest BCUT2D eigenvalue weighted by Gasteiger charge is -2.34. The fourth-order valence-corrected chi connectivity index (χ4v) is 3.66. The van der Waals surface area contributed by atoms with E-state index in [1.807, 2.05) is 18.2 Å². The van der Waals surface area contributed by atoms with Crippen molar-refractivity contribution >= 4 is 5.96 Å². The van der Waals surface area contributed by atoms with E-state index in [1.165, 1.54) is 11.1 Å². The second-order valence-electron chi connectivity index (χ2n) is 7.33. The summed E-state index contributed by atoms with van der Waals surface area (Å²) in [6.07, 6.45) is 1.12. The van der Waals surface area contributed by atoms with Crippen LogP contribution in [0.25, 0.3) is 0 Å². The van der Waals surface area contributed by atoms with Crippen LogP contribution >= 0.6 is 0 Å². The van der Waals surface area contributed by atoms with Crippen LogP contribution in [0.4, 0.5) is 0 Å². The van der Waals surface area contributed by atoms with Crippen LogP contribution in [0.15, 0.2) is 47.5 Å². The molecule has 156 valence electrons. The van der Waals surface area contributed by atoms with Crippen molar-refractivity contribution in [1.82, 2.24) is 15.5 Å². The fourth-order valence-electron chi connectivity index (χ4n) is 3.66. The Morgan fingerprint density at radius 2 is 1.83 bits per heavy atom. The van der Waals surface area contributed by atoms with Gasteiger partial charge in [-0.25, -0.2) is 0 Å². The van der Waals surface area contributed by atoms with E-state index in [-0.39, 0.29) is 0 Å². The largest absolute Gasteiger partial charge is 0.493 e. The van der Waals surface area contributed by atoms with Gasteiger partial charge in [-0.3, -0.25) is 9.89 Å². The van der Waals surface area contributed by atoms with Gasteiger partial charge in [0.15, 0.2) is 17.5 Å². The molecular weight excluding hydrogens is 364 g/mol. The minimum absolute atomic E-state index is 0.419. The molecule has 1 heterocycles. The van der Waals surface area contributed by atoms with Crippen LogP contribution in [-0.2, 0) is 19.5 Å². The SMILES string of the molecule is CN=C(NCc1ccc(OC)c(OC)c1)NCC(C)N1CCc2ccccc2C1. The van der Waals surface area contributed by atoms with Crippen LogP contribution in [0, 0.1) is 0 Å². The molecule has 0 saturated carbocycles. The van der Waals surface area contributed by atoms with Crippen molar-refractivity contribution in [2.75, 3.05) is 34.4 Å². The van der Waals surface area contributed by atoms with Crippen LogP contribution in [0.2, 0.25) is 0 Å². The van der Waals surface area contributed by atoms with Gasteiger partial charge in [0, 0.05) is 39.3 Å². The van der Waals surface area contributed by atoms with E-state index >= 15 is 0 Å². The van der Waals surface area contributed by atoms with Gasteiger partial charge in [0.1, 0.15) is 0 Å². The summed E-state index contributed by atoms with van der Waals surface area (Å²) in [5.74, 6) is 2.26. The van der Waals surface area contributed by atoms with Gasteiger partial charge in [0.2, 0.25) is 0 Å². The van der Waals surface area contributed by atoms with Crippen LogP contribution in [-0.4, -0.2) is 51.3 Å². The molecule has 1 aliphatic heterocycles. The number of hydrogen-bond acceptors (Lipinski definition) is 4. The highest BCUT2D eigenvalue weighted by Gasteiger charge is 2.20. The molecule has 0 spiro atoms. The first-order valence-electron chi connectivity index (χ1n) is 10.1. The van der Waals surface area contributed by atoms with E-state index in [4.69, 9.17) is 9.47 Å². The van der Waals surface area contributed by atoms with Crippen LogP contribution in [0.3, 0.4) is 0 Å². The second-order valence-corrected chi connectivity index (χ2v) is 7.33. The van der Waals surface area contributed by atoms with Gasteiger partial charge in [0.25, 0.3) is 0 Å². The van der Waals surface area contributed by atoms with Gasteiger partial charge in [-0.1, -0.05) is 30.3 Å². The Morgan fingerprint density at radius 1 is 1.07 bits per heavy atom. The molecule has 0 bridgehead atoms. The molecule has 3 rings (SSSR count). The lowest BCUT2D eigenvalue weighted by Crippen LogP contribution is -2.47. The zero-order chi connectivity index (χ0) is 20.6. The first-order chi connectivity index (χ1) is 14.1. The number of methoxy groups -OCH3 is 2.